The van der Waals surface area contributed by atoms with E-state index >= 15 is 0 Å². The molecule has 0 radical (unpaired) electrons. The fourth-order valence-electron chi connectivity index (χ4n) is 1.01. The second kappa shape index (κ2) is 8.70. The van der Waals surface area contributed by atoms with Crippen molar-refractivity contribution in [2.45, 2.75) is 33.0 Å². The minimum Gasteiger partial charge on any atom is -0.353 e. The van der Waals surface area contributed by atoms with E-state index in [-0.39, 0.29) is 6.29 Å². The highest BCUT2D eigenvalue weighted by molar-refractivity contribution is 7.37. The van der Waals surface area contributed by atoms with Gasteiger partial charge in [-0.25, -0.2) is 0 Å². The van der Waals surface area contributed by atoms with Crippen LogP contribution in [0.4, 0.5) is 0 Å². The van der Waals surface area contributed by atoms with E-state index in [2.05, 4.69) is 0 Å². The Morgan fingerprint density at radius 1 is 1.31 bits per heavy atom. The Morgan fingerprint density at radius 2 is 1.85 bits per heavy atom. The first-order valence-corrected chi connectivity index (χ1v) is 6.22. The molecule has 0 saturated heterocycles. The average molecular weight is 210 g/mol. The zero-order chi connectivity index (χ0) is 10.1. The highest BCUT2D eigenvalue weighted by Crippen LogP contribution is 2.16. The van der Waals surface area contributed by atoms with Gasteiger partial charge < -0.3 is 14.4 Å². The van der Waals surface area contributed by atoms with Crippen LogP contribution in [0.5, 0.6) is 0 Å². The van der Waals surface area contributed by atoms with Crippen molar-refractivity contribution >= 4 is 8.03 Å². The van der Waals surface area contributed by atoms with Gasteiger partial charge in [-0.1, -0.05) is 0 Å². The van der Waals surface area contributed by atoms with Gasteiger partial charge in [0.1, 0.15) is 0 Å². The zero-order valence-corrected chi connectivity index (χ0v) is 9.28. The molecule has 0 amide bonds. The molecule has 0 aliphatic carbocycles. The van der Waals surface area contributed by atoms with Gasteiger partial charge in [0.25, 0.3) is 0 Å². The summed E-state index contributed by atoms with van der Waals surface area (Å²) in [4.78, 5) is 8.59. The topological polar surface area (TPSA) is 55.8 Å². The molecule has 0 aliphatic rings. The standard InChI is InChI=1S/C8H19O4P/c1-3-11-8(12-4-2)6-5-7-13(9)10/h8,13H,3-7H2,1-2H3,(H,9,10). The smallest absolute Gasteiger partial charge is 0.189 e. The monoisotopic (exact) mass is 210 g/mol. The Hall–Kier alpha value is 0.110. The molecule has 0 bridgehead atoms. The van der Waals surface area contributed by atoms with E-state index < -0.39 is 8.03 Å². The Morgan fingerprint density at radius 3 is 2.23 bits per heavy atom. The van der Waals surface area contributed by atoms with Crippen LogP contribution in [0.3, 0.4) is 0 Å². The first-order valence-electron chi connectivity index (χ1n) is 4.65. The predicted molar refractivity (Wildman–Crippen MR) is 52.4 cm³/mol. The van der Waals surface area contributed by atoms with Gasteiger partial charge in [0.05, 0.1) is 0 Å². The first kappa shape index (κ1) is 13.1. The molecule has 0 rings (SSSR count). The molecule has 4 nitrogen and oxygen atoms in total. The molecule has 80 valence electrons. The van der Waals surface area contributed by atoms with E-state index in [9.17, 15) is 4.57 Å². The van der Waals surface area contributed by atoms with Gasteiger partial charge in [0, 0.05) is 19.4 Å². The summed E-state index contributed by atoms with van der Waals surface area (Å²) in [7, 11) is -2.32. The normalized spacial score (nSPS) is 13.5. The van der Waals surface area contributed by atoms with Crippen molar-refractivity contribution in [3.63, 3.8) is 0 Å². The first-order chi connectivity index (χ1) is 6.20. The lowest BCUT2D eigenvalue weighted by molar-refractivity contribution is -0.139. The maximum Gasteiger partial charge on any atom is 0.189 e. The van der Waals surface area contributed by atoms with Crippen LogP contribution in [0.25, 0.3) is 0 Å². The van der Waals surface area contributed by atoms with Crippen LogP contribution >= 0.6 is 8.03 Å². The lowest BCUT2D eigenvalue weighted by atomic mass is 10.3. The largest absolute Gasteiger partial charge is 0.353 e. The summed E-state index contributed by atoms with van der Waals surface area (Å²) in [5.74, 6) is 0. The third-order valence-corrected chi connectivity index (χ3v) is 2.32. The Labute approximate surface area is 80.1 Å². The van der Waals surface area contributed by atoms with Crippen LogP contribution in [0, 0.1) is 0 Å². The molecule has 1 atom stereocenters. The fourth-order valence-corrected chi connectivity index (χ4v) is 1.51. The van der Waals surface area contributed by atoms with Gasteiger partial charge >= 0.3 is 0 Å². The molecule has 1 unspecified atom stereocenters. The predicted octanol–water partition coefficient (Wildman–Crippen LogP) is 1.63. The van der Waals surface area contributed by atoms with E-state index in [0.717, 1.165) is 0 Å². The minimum absolute atomic E-state index is 0.212. The van der Waals surface area contributed by atoms with Crippen LogP contribution in [0.15, 0.2) is 0 Å². The third kappa shape index (κ3) is 8.44. The molecule has 0 spiro atoms. The summed E-state index contributed by atoms with van der Waals surface area (Å²) in [5, 5.41) is 0. The molecule has 5 heteroatoms. The second-order valence-corrected chi connectivity index (χ2v) is 3.91. The van der Waals surface area contributed by atoms with Crippen molar-refractivity contribution in [2.75, 3.05) is 19.4 Å². The summed E-state index contributed by atoms with van der Waals surface area (Å²) in [5.41, 5.74) is 0. The SMILES string of the molecule is CCOC(CCC[PH](=O)O)OCC. The quantitative estimate of drug-likeness (QED) is 0.488. The van der Waals surface area contributed by atoms with Crippen molar-refractivity contribution in [1.82, 2.24) is 0 Å². The van der Waals surface area contributed by atoms with Crippen LogP contribution in [0.2, 0.25) is 0 Å². The molecule has 0 aromatic heterocycles. The van der Waals surface area contributed by atoms with Crippen molar-refractivity contribution in [2.24, 2.45) is 0 Å². The average Bonchev–Trinajstić information content (AvgIpc) is 2.04. The summed E-state index contributed by atoms with van der Waals surface area (Å²) < 4.78 is 20.9. The van der Waals surface area contributed by atoms with Crippen LogP contribution in [0.1, 0.15) is 26.7 Å². The highest BCUT2D eigenvalue weighted by Gasteiger charge is 2.07. The van der Waals surface area contributed by atoms with Crippen molar-refractivity contribution < 1.29 is 18.9 Å². The second-order valence-electron chi connectivity index (χ2n) is 2.63. The van der Waals surface area contributed by atoms with Crippen LogP contribution < -0.4 is 0 Å². The maximum atomic E-state index is 10.4. The highest BCUT2D eigenvalue weighted by atomic mass is 31.1. The van der Waals surface area contributed by atoms with Crippen molar-refractivity contribution in [1.29, 1.82) is 0 Å². The van der Waals surface area contributed by atoms with Gasteiger partial charge in [-0.3, -0.25) is 4.57 Å². The Bertz CT molecular complexity index is 134. The minimum atomic E-state index is -2.32. The van der Waals surface area contributed by atoms with Gasteiger partial charge in [0.15, 0.2) is 14.3 Å². The summed E-state index contributed by atoms with van der Waals surface area (Å²) in [6.45, 7) is 5.03. The van der Waals surface area contributed by atoms with Gasteiger partial charge in [-0.2, -0.15) is 0 Å². The lowest BCUT2D eigenvalue weighted by Gasteiger charge is -2.15. The molecule has 0 saturated carbocycles. The van der Waals surface area contributed by atoms with E-state index in [4.69, 9.17) is 14.4 Å². The summed E-state index contributed by atoms with van der Waals surface area (Å²) >= 11 is 0. The molecule has 1 N–H and O–H groups in total. The number of rotatable bonds is 8. The third-order valence-electron chi connectivity index (χ3n) is 1.54. The van der Waals surface area contributed by atoms with E-state index in [1.165, 1.54) is 0 Å². The van der Waals surface area contributed by atoms with Crippen molar-refractivity contribution in [3.05, 3.63) is 0 Å². The Kier molecular flexibility index (Phi) is 8.77. The fraction of sp³-hybridized carbons (Fsp3) is 1.00. The van der Waals surface area contributed by atoms with E-state index in [1.807, 2.05) is 13.8 Å². The van der Waals surface area contributed by atoms with Crippen LogP contribution in [-0.2, 0) is 14.0 Å². The van der Waals surface area contributed by atoms with Gasteiger partial charge in [-0.15, -0.1) is 0 Å². The number of ether oxygens (including phenoxy) is 2. The molecule has 13 heavy (non-hydrogen) atoms. The molecule has 0 heterocycles. The van der Waals surface area contributed by atoms with E-state index in [0.29, 0.717) is 32.2 Å². The molecular formula is C8H19O4P. The summed E-state index contributed by atoms with van der Waals surface area (Å²) in [6.07, 6.45) is 1.52. The zero-order valence-electron chi connectivity index (χ0n) is 8.28. The van der Waals surface area contributed by atoms with Crippen molar-refractivity contribution in [3.8, 4) is 0 Å². The van der Waals surface area contributed by atoms with E-state index in [1.54, 1.807) is 0 Å². The molecule has 0 fully saturated rings. The molecular weight excluding hydrogens is 191 g/mol. The number of hydrogen-bond acceptors (Lipinski definition) is 3. The number of hydrogen-bond donors (Lipinski definition) is 1. The summed E-state index contributed by atoms with van der Waals surface area (Å²) in [6, 6.07) is 0. The maximum absolute atomic E-state index is 10.4. The van der Waals surface area contributed by atoms with Gasteiger partial charge in [0.2, 0.25) is 0 Å². The molecule has 0 aliphatic heterocycles. The van der Waals surface area contributed by atoms with Gasteiger partial charge in [-0.05, 0) is 26.7 Å². The van der Waals surface area contributed by atoms with Crippen LogP contribution in [-0.4, -0.2) is 30.6 Å². The Balaban J connectivity index is 3.49. The molecule has 0 aromatic rings. The molecule has 0 aromatic carbocycles. The lowest BCUT2D eigenvalue weighted by Crippen LogP contribution is -2.17.